The van der Waals surface area contributed by atoms with Gasteiger partial charge in [0.2, 0.25) is 5.95 Å². The van der Waals surface area contributed by atoms with Gasteiger partial charge in [0.05, 0.1) is 17.4 Å². The number of nitrogens with zero attached hydrogens (tertiary/aromatic N) is 3. The maximum Gasteiger partial charge on any atom is 0.225 e. The first-order chi connectivity index (χ1) is 6.65. The molecule has 0 unspecified atom stereocenters. The second-order valence-corrected chi connectivity index (χ2v) is 3.99. The van der Waals surface area contributed by atoms with Crippen molar-refractivity contribution in [3.05, 3.63) is 17.4 Å². The molecular weight excluding hydrogens is 221 g/mol. The summed E-state index contributed by atoms with van der Waals surface area (Å²) in [6.45, 7) is 4.88. The summed E-state index contributed by atoms with van der Waals surface area (Å²) in [7, 11) is 0. The fraction of sp³-hybridized carbons (Fsp3) is 0.556. The van der Waals surface area contributed by atoms with E-state index in [-0.39, 0.29) is 0 Å². The largest absolute Gasteiger partial charge is 0.337 e. The predicted octanol–water partition coefficient (Wildman–Crippen LogP) is 2.58. The number of aromatic nitrogens is 2. The highest BCUT2D eigenvalue weighted by molar-refractivity contribution is 6.30. The van der Waals surface area contributed by atoms with Crippen LogP contribution in [0.15, 0.2) is 12.4 Å². The molecule has 14 heavy (non-hydrogen) atoms. The molecule has 1 aromatic heterocycles. The molecule has 0 aliphatic rings. The Morgan fingerprint density at radius 3 is 2.36 bits per heavy atom. The Morgan fingerprint density at radius 1 is 1.36 bits per heavy atom. The van der Waals surface area contributed by atoms with E-state index in [9.17, 15) is 0 Å². The molecule has 0 radical (unpaired) electrons. The zero-order valence-corrected chi connectivity index (χ0v) is 9.76. The van der Waals surface area contributed by atoms with Gasteiger partial charge < -0.3 is 4.90 Å². The minimum Gasteiger partial charge on any atom is -0.337 e. The molecule has 0 fully saturated rings. The molecule has 3 nitrogen and oxygen atoms in total. The minimum atomic E-state index is 0.329. The number of hydrogen-bond acceptors (Lipinski definition) is 3. The van der Waals surface area contributed by atoms with E-state index in [1.165, 1.54) is 0 Å². The van der Waals surface area contributed by atoms with Crippen LogP contribution in [-0.2, 0) is 0 Å². The molecule has 0 bridgehead atoms. The Kier molecular flexibility index (Phi) is 4.42. The van der Waals surface area contributed by atoms with Crippen molar-refractivity contribution >= 4 is 29.2 Å². The molecule has 0 aromatic carbocycles. The highest BCUT2D eigenvalue weighted by Gasteiger charge is 2.11. The fourth-order valence-electron chi connectivity index (χ4n) is 1.13. The Bertz CT molecular complexity index is 274. The lowest BCUT2D eigenvalue weighted by Crippen LogP contribution is -2.33. The average Bonchev–Trinajstić information content (AvgIpc) is 2.15. The first-order valence-electron chi connectivity index (χ1n) is 4.45. The first kappa shape index (κ1) is 11.5. The van der Waals surface area contributed by atoms with E-state index in [1.54, 1.807) is 12.4 Å². The van der Waals surface area contributed by atoms with Gasteiger partial charge in [0.1, 0.15) is 0 Å². The molecule has 1 rings (SSSR count). The quantitative estimate of drug-likeness (QED) is 0.750. The van der Waals surface area contributed by atoms with Gasteiger partial charge in [0, 0.05) is 18.5 Å². The maximum absolute atomic E-state index is 5.70. The summed E-state index contributed by atoms with van der Waals surface area (Å²) in [6, 6.07) is 0.329. The topological polar surface area (TPSA) is 29.0 Å². The molecule has 0 N–H and O–H groups in total. The van der Waals surface area contributed by atoms with Crippen LogP contribution in [0.25, 0.3) is 0 Å². The van der Waals surface area contributed by atoms with Crippen LogP contribution in [0.5, 0.6) is 0 Å². The Hall–Kier alpha value is -0.540. The zero-order chi connectivity index (χ0) is 10.6. The van der Waals surface area contributed by atoms with Gasteiger partial charge in [-0.2, -0.15) is 0 Å². The number of halogens is 2. The molecule has 0 spiro atoms. The summed E-state index contributed by atoms with van der Waals surface area (Å²) in [6.07, 6.45) is 3.18. The van der Waals surface area contributed by atoms with Crippen LogP contribution in [0, 0.1) is 0 Å². The molecule has 78 valence electrons. The average molecular weight is 234 g/mol. The lowest BCUT2D eigenvalue weighted by atomic mass is 10.3. The van der Waals surface area contributed by atoms with E-state index in [2.05, 4.69) is 23.8 Å². The van der Waals surface area contributed by atoms with E-state index in [0.29, 0.717) is 22.9 Å². The van der Waals surface area contributed by atoms with Gasteiger partial charge in [-0.3, -0.25) is 0 Å². The predicted molar refractivity (Wildman–Crippen MR) is 60.2 cm³/mol. The van der Waals surface area contributed by atoms with Gasteiger partial charge in [-0.25, -0.2) is 9.97 Å². The highest BCUT2D eigenvalue weighted by atomic mass is 35.5. The van der Waals surface area contributed by atoms with Gasteiger partial charge in [0.25, 0.3) is 0 Å². The standard InChI is InChI=1S/C9H13Cl2N3/c1-7(2)14(4-3-10)9-12-5-8(11)6-13-9/h5-7H,3-4H2,1-2H3. The Morgan fingerprint density at radius 2 is 1.93 bits per heavy atom. The van der Waals surface area contributed by atoms with Crippen LogP contribution in [0.3, 0.4) is 0 Å². The third kappa shape index (κ3) is 3.00. The van der Waals surface area contributed by atoms with Crippen molar-refractivity contribution in [2.45, 2.75) is 19.9 Å². The summed E-state index contributed by atoms with van der Waals surface area (Å²) in [4.78, 5) is 10.3. The summed E-state index contributed by atoms with van der Waals surface area (Å²) in [5.41, 5.74) is 0. The smallest absolute Gasteiger partial charge is 0.225 e. The van der Waals surface area contributed by atoms with Crippen LogP contribution in [0.2, 0.25) is 5.02 Å². The number of hydrogen-bond donors (Lipinski definition) is 0. The van der Waals surface area contributed by atoms with Gasteiger partial charge in [-0.05, 0) is 13.8 Å². The van der Waals surface area contributed by atoms with Gasteiger partial charge in [0.15, 0.2) is 0 Å². The third-order valence-electron chi connectivity index (χ3n) is 1.81. The molecule has 0 amide bonds. The number of anilines is 1. The SMILES string of the molecule is CC(C)N(CCCl)c1ncc(Cl)cn1. The van der Waals surface area contributed by atoms with Crippen molar-refractivity contribution in [1.82, 2.24) is 9.97 Å². The van der Waals surface area contributed by atoms with Crippen molar-refractivity contribution in [2.24, 2.45) is 0 Å². The maximum atomic E-state index is 5.70. The van der Waals surface area contributed by atoms with Crippen molar-refractivity contribution < 1.29 is 0 Å². The van der Waals surface area contributed by atoms with Crippen molar-refractivity contribution in [3.8, 4) is 0 Å². The molecule has 1 heterocycles. The fourth-order valence-corrected chi connectivity index (χ4v) is 1.41. The second-order valence-electron chi connectivity index (χ2n) is 3.18. The molecular formula is C9H13Cl2N3. The Labute approximate surface area is 94.1 Å². The van der Waals surface area contributed by atoms with Crippen molar-refractivity contribution in [3.63, 3.8) is 0 Å². The number of rotatable bonds is 4. The van der Waals surface area contributed by atoms with E-state index in [0.717, 1.165) is 6.54 Å². The van der Waals surface area contributed by atoms with Crippen LogP contribution >= 0.6 is 23.2 Å². The monoisotopic (exact) mass is 233 g/mol. The molecule has 0 aliphatic heterocycles. The summed E-state index contributed by atoms with van der Waals surface area (Å²) >= 11 is 11.4. The normalized spacial score (nSPS) is 10.6. The molecule has 0 aliphatic carbocycles. The lowest BCUT2D eigenvalue weighted by Gasteiger charge is -2.25. The highest BCUT2D eigenvalue weighted by Crippen LogP contribution is 2.12. The summed E-state index contributed by atoms with van der Waals surface area (Å²) < 4.78 is 0. The van der Waals surface area contributed by atoms with Gasteiger partial charge in [-0.1, -0.05) is 11.6 Å². The van der Waals surface area contributed by atoms with E-state index in [1.807, 2.05) is 4.90 Å². The van der Waals surface area contributed by atoms with Crippen molar-refractivity contribution in [1.29, 1.82) is 0 Å². The second kappa shape index (κ2) is 5.37. The minimum absolute atomic E-state index is 0.329. The van der Waals surface area contributed by atoms with Gasteiger partial charge in [-0.15, -0.1) is 11.6 Å². The van der Waals surface area contributed by atoms with Crippen LogP contribution in [0.1, 0.15) is 13.8 Å². The molecule has 1 aromatic rings. The van der Waals surface area contributed by atoms with Crippen LogP contribution in [0.4, 0.5) is 5.95 Å². The summed E-state index contributed by atoms with van der Waals surface area (Å²) in [5.74, 6) is 1.23. The third-order valence-corrected chi connectivity index (χ3v) is 2.18. The van der Waals surface area contributed by atoms with E-state index in [4.69, 9.17) is 23.2 Å². The van der Waals surface area contributed by atoms with E-state index < -0.39 is 0 Å². The molecule has 0 atom stereocenters. The van der Waals surface area contributed by atoms with Crippen LogP contribution < -0.4 is 4.90 Å². The Balaban J connectivity index is 2.82. The molecule has 0 saturated heterocycles. The van der Waals surface area contributed by atoms with Crippen molar-refractivity contribution in [2.75, 3.05) is 17.3 Å². The van der Waals surface area contributed by atoms with Gasteiger partial charge >= 0.3 is 0 Å². The lowest BCUT2D eigenvalue weighted by molar-refractivity contribution is 0.683. The number of alkyl halides is 1. The van der Waals surface area contributed by atoms with E-state index >= 15 is 0 Å². The summed E-state index contributed by atoms with van der Waals surface area (Å²) in [5, 5.41) is 0.545. The molecule has 5 heteroatoms. The molecule has 0 saturated carbocycles. The first-order valence-corrected chi connectivity index (χ1v) is 5.36. The zero-order valence-electron chi connectivity index (χ0n) is 8.24. The van der Waals surface area contributed by atoms with Crippen LogP contribution in [-0.4, -0.2) is 28.4 Å².